The van der Waals surface area contributed by atoms with E-state index in [2.05, 4.69) is 20.2 Å². The minimum absolute atomic E-state index is 0.238. The molecule has 1 aliphatic heterocycles. The molecule has 1 fully saturated rings. The lowest BCUT2D eigenvalue weighted by molar-refractivity contribution is 0.0924. The molecule has 0 aliphatic carbocycles. The number of aromatic nitrogens is 2. The second-order valence-electron chi connectivity index (χ2n) is 6.55. The van der Waals surface area contributed by atoms with Gasteiger partial charge in [0.2, 0.25) is 0 Å². The van der Waals surface area contributed by atoms with Crippen LogP contribution in [-0.2, 0) is 6.54 Å². The minimum Gasteiger partial charge on any atom is -0.493 e. The summed E-state index contributed by atoms with van der Waals surface area (Å²) in [5.41, 5.74) is 0.563. The van der Waals surface area contributed by atoms with Crippen molar-refractivity contribution in [2.75, 3.05) is 25.1 Å². The number of ether oxygens (including phenoxy) is 1. The third kappa shape index (κ3) is 3.72. The van der Waals surface area contributed by atoms with Gasteiger partial charge in [0.1, 0.15) is 11.6 Å². The number of piperidine rings is 1. The normalized spacial score (nSPS) is 14.3. The van der Waals surface area contributed by atoms with E-state index in [1.165, 1.54) is 19.3 Å². The third-order valence-electron chi connectivity index (χ3n) is 4.73. The van der Waals surface area contributed by atoms with E-state index >= 15 is 0 Å². The van der Waals surface area contributed by atoms with Gasteiger partial charge in [0.05, 0.1) is 13.7 Å². The number of hydrogen-bond donors (Lipinski definition) is 1. The van der Waals surface area contributed by atoms with E-state index in [0.717, 1.165) is 24.3 Å². The number of fused-ring (bicyclic) bond motifs is 1. The van der Waals surface area contributed by atoms with E-state index in [9.17, 15) is 4.79 Å². The maximum absolute atomic E-state index is 12.5. The predicted molar refractivity (Wildman–Crippen MR) is 102 cm³/mol. The van der Waals surface area contributed by atoms with Gasteiger partial charge >= 0.3 is 0 Å². The summed E-state index contributed by atoms with van der Waals surface area (Å²) in [6, 6.07) is 9.16. The molecule has 0 atom stereocenters. The molecule has 7 heteroatoms. The number of amides is 1. The summed E-state index contributed by atoms with van der Waals surface area (Å²) in [5.74, 6) is 2.04. The molecule has 3 aromatic rings. The van der Waals surface area contributed by atoms with Gasteiger partial charge in [-0.2, -0.15) is 0 Å². The summed E-state index contributed by atoms with van der Waals surface area (Å²) >= 11 is 0. The summed E-state index contributed by atoms with van der Waals surface area (Å²) in [6.07, 6.45) is 5.38. The number of carbonyl (C=O) groups excluding carboxylic acids is 1. The Morgan fingerprint density at radius 1 is 1.26 bits per heavy atom. The van der Waals surface area contributed by atoms with Gasteiger partial charge in [0.25, 0.3) is 5.91 Å². The van der Waals surface area contributed by atoms with Crippen molar-refractivity contribution < 1.29 is 13.9 Å². The fourth-order valence-corrected chi connectivity index (χ4v) is 3.33. The maximum atomic E-state index is 12.5. The SMILES string of the molecule is COc1cccc2cc(C(=O)NCc3nccc(N4CCCCC4)n3)oc12. The molecule has 1 saturated heterocycles. The topological polar surface area (TPSA) is 80.5 Å². The van der Waals surface area contributed by atoms with E-state index in [4.69, 9.17) is 9.15 Å². The Bertz CT molecular complexity index is 947. The summed E-state index contributed by atoms with van der Waals surface area (Å²) in [4.78, 5) is 23.6. The Hall–Kier alpha value is -3.09. The van der Waals surface area contributed by atoms with Crippen LogP contribution in [-0.4, -0.2) is 36.1 Å². The molecular weight excluding hydrogens is 344 g/mol. The number of carbonyl (C=O) groups is 1. The monoisotopic (exact) mass is 366 g/mol. The van der Waals surface area contributed by atoms with Crippen molar-refractivity contribution >= 4 is 22.7 Å². The standard InChI is InChI=1S/C20H22N4O3/c1-26-15-7-5-6-14-12-16(27-19(14)15)20(25)22-13-17-21-9-8-18(23-17)24-10-3-2-4-11-24/h5-9,12H,2-4,10-11,13H2,1H3,(H,22,25). The van der Waals surface area contributed by atoms with E-state index in [1.807, 2.05) is 18.2 Å². The molecule has 140 valence electrons. The second kappa shape index (κ2) is 7.65. The summed E-state index contributed by atoms with van der Waals surface area (Å²) in [5, 5.41) is 3.65. The molecule has 27 heavy (non-hydrogen) atoms. The Balaban J connectivity index is 1.45. The summed E-state index contributed by atoms with van der Waals surface area (Å²) in [7, 11) is 1.57. The van der Waals surface area contributed by atoms with Crippen molar-refractivity contribution in [3.63, 3.8) is 0 Å². The predicted octanol–water partition coefficient (Wildman–Crippen LogP) is 3.15. The molecule has 2 aromatic heterocycles. The van der Waals surface area contributed by atoms with E-state index in [0.29, 0.717) is 17.2 Å². The number of hydrogen-bond acceptors (Lipinski definition) is 6. The quantitative estimate of drug-likeness (QED) is 0.747. The highest BCUT2D eigenvalue weighted by Gasteiger charge is 2.16. The first-order chi connectivity index (χ1) is 13.2. The van der Waals surface area contributed by atoms with Gasteiger partial charge in [0, 0.05) is 24.7 Å². The van der Waals surface area contributed by atoms with Crippen molar-refractivity contribution in [1.29, 1.82) is 0 Å². The van der Waals surface area contributed by atoms with Crippen molar-refractivity contribution in [1.82, 2.24) is 15.3 Å². The highest BCUT2D eigenvalue weighted by atomic mass is 16.5. The van der Waals surface area contributed by atoms with Crippen LogP contribution in [0.4, 0.5) is 5.82 Å². The first kappa shape index (κ1) is 17.3. The number of nitrogens with zero attached hydrogens (tertiary/aromatic N) is 3. The average molecular weight is 366 g/mol. The highest BCUT2D eigenvalue weighted by molar-refractivity contribution is 5.97. The minimum atomic E-state index is -0.305. The smallest absolute Gasteiger partial charge is 0.287 e. The van der Waals surface area contributed by atoms with Gasteiger partial charge in [-0.25, -0.2) is 9.97 Å². The molecule has 1 aliphatic rings. The van der Waals surface area contributed by atoms with Crippen LogP contribution in [0.2, 0.25) is 0 Å². The van der Waals surface area contributed by atoms with E-state index < -0.39 is 0 Å². The van der Waals surface area contributed by atoms with Gasteiger partial charge in [-0.05, 0) is 37.5 Å². The second-order valence-corrected chi connectivity index (χ2v) is 6.55. The Kier molecular flexibility index (Phi) is 4.91. The molecule has 4 rings (SSSR count). The fraction of sp³-hybridized carbons (Fsp3) is 0.350. The van der Waals surface area contributed by atoms with Gasteiger partial charge in [0.15, 0.2) is 17.1 Å². The molecule has 0 saturated carbocycles. The molecular formula is C20H22N4O3. The molecule has 1 amide bonds. The highest BCUT2D eigenvalue weighted by Crippen LogP contribution is 2.28. The largest absolute Gasteiger partial charge is 0.493 e. The average Bonchev–Trinajstić information content (AvgIpc) is 3.17. The van der Waals surface area contributed by atoms with Crippen molar-refractivity contribution in [2.24, 2.45) is 0 Å². The number of anilines is 1. The number of methoxy groups -OCH3 is 1. The molecule has 0 radical (unpaired) electrons. The van der Waals surface area contributed by atoms with Gasteiger partial charge in [-0.15, -0.1) is 0 Å². The Morgan fingerprint density at radius 2 is 2.11 bits per heavy atom. The van der Waals surface area contributed by atoms with Crippen molar-refractivity contribution in [2.45, 2.75) is 25.8 Å². The van der Waals surface area contributed by atoms with Crippen LogP contribution in [0.3, 0.4) is 0 Å². The molecule has 3 heterocycles. The fourth-order valence-electron chi connectivity index (χ4n) is 3.33. The maximum Gasteiger partial charge on any atom is 0.287 e. The molecule has 0 unspecified atom stereocenters. The summed E-state index contributed by atoms with van der Waals surface area (Å²) < 4.78 is 10.9. The molecule has 0 bridgehead atoms. The van der Waals surface area contributed by atoms with E-state index in [-0.39, 0.29) is 18.2 Å². The van der Waals surface area contributed by atoms with Crippen LogP contribution in [0.1, 0.15) is 35.6 Å². The molecule has 1 aromatic carbocycles. The number of benzene rings is 1. The van der Waals surface area contributed by atoms with Crippen LogP contribution >= 0.6 is 0 Å². The Morgan fingerprint density at radius 3 is 2.93 bits per heavy atom. The molecule has 1 N–H and O–H groups in total. The van der Waals surface area contributed by atoms with Crippen LogP contribution in [0.5, 0.6) is 5.75 Å². The Labute approximate surface area is 157 Å². The zero-order chi connectivity index (χ0) is 18.6. The lowest BCUT2D eigenvalue weighted by atomic mass is 10.1. The zero-order valence-corrected chi connectivity index (χ0v) is 15.3. The molecule has 7 nitrogen and oxygen atoms in total. The van der Waals surface area contributed by atoms with Crippen LogP contribution < -0.4 is 15.0 Å². The van der Waals surface area contributed by atoms with Crippen LogP contribution in [0.25, 0.3) is 11.0 Å². The van der Waals surface area contributed by atoms with Crippen molar-refractivity contribution in [3.8, 4) is 5.75 Å². The third-order valence-corrected chi connectivity index (χ3v) is 4.73. The number of furan rings is 1. The summed E-state index contributed by atoms with van der Waals surface area (Å²) in [6.45, 7) is 2.28. The number of para-hydroxylation sites is 1. The van der Waals surface area contributed by atoms with Crippen LogP contribution in [0, 0.1) is 0 Å². The van der Waals surface area contributed by atoms with Crippen LogP contribution in [0.15, 0.2) is 40.9 Å². The molecule has 0 spiro atoms. The zero-order valence-electron chi connectivity index (χ0n) is 15.3. The number of rotatable bonds is 5. The van der Waals surface area contributed by atoms with Crippen molar-refractivity contribution in [3.05, 3.63) is 48.1 Å². The van der Waals surface area contributed by atoms with Gasteiger partial charge in [-0.3, -0.25) is 4.79 Å². The van der Waals surface area contributed by atoms with E-state index in [1.54, 1.807) is 25.4 Å². The lowest BCUT2D eigenvalue weighted by Gasteiger charge is -2.27. The van der Waals surface area contributed by atoms with Gasteiger partial charge in [-0.1, -0.05) is 12.1 Å². The van der Waals surface area contributed by atoms with Gasteiger partial charge < -0.3 is 19.4 Å². The number of nitrogens with one attached hydrogen (secondary N) is 1. The first-order valence-corrected chi connectivity index (χ1v) is 9.16. The lowest BCUT2D eigenvalue weighted by Crippen LogP contribution is -2.31. The first-order valence-electron chi connectivity index (χ1n) is 9.16.